The summed E-state index contributed by atoms with van der Waals surface area (Å²) in [6, 6.07) is 0. The molecule has 0 atom stereocenters. The van der Waals surface area contributed by atoms with Crippen LogP contribution in [0.25, 0.3) is 0 Å². The number of aryl methyl sites for hydroxylation is 1. The van der Waals surface area contributed by atoms with E-state index in [0.29, 0.717) is 31.6 Å². The fraction of sp³-hybridized carbons (Fsp3) is 0.636. The highest BCUT2D eigenvalue weighted by Crippen LogP contribution is 2.41. The Balaban J connectivity index is 1.87. The summed E-state index contributed by atoms with van der Waals surface area (Å²) in [6.45, 7) is 0.434. The Kier molecular flexibility index (Phi) is 3.68. The lowest BCUT2D eigenvalue weighted by Crippen LogP contribution is -2.54. The lowest BCUT2D eigenvalue weighted by Gasteiger charge is -2.38. The van der Waals surface area contributed by atoms with Crippen LogP contribution in [0.4, 0.5) is 0 Å². The number of amides is 1. The number of carbonyl (C=O) groups is 1. The number of nitrogens with two attached hydrogens (primary N) is 1. The van der Waals surface area contributed by atoms with Crippen LogP contribution in [0.5, 0.6) is 0 Å². The van der Waals surface area contributed by atoms with Crippen molar-refractivity contribution in [1.29, 1.82) is 0 Å². The molecule has 4 N–H and O–H groups in total. The summed E-state index contributed by atoms with van der Waals surface area (Å²) in [7, 11) is 1.79. The van der Waals surface area contributed by atoms with Gasteiger partial charge in [-0.25, -0.2) is 4.98 Å². The van der Waals surface area contributed by atoms with E-state index in [1.165, 1.54) is 0 Å². The third kappa shape index (κ3) is 2.51. The van der Waals surface area contributed by atoms with Crippen molar-refractivity contribution in [3.63, 3.8) is 0 Å². The molecule has 0 saturated heterocycles. The second kappa shape index (κ2) is 5.25. The third-order valence-electron chi connectivity index (χ3n) is 3.52. The van der Waals surface area contributed by atoms with Gasteiger partial charge in [0.15, 0.2) is 11.7 Å². The minimum Gasteiger partial charge on any atom is -0.409 e. The van der Waals surface area contributed by atoms with Gasteiger partial charge in [-0.05, 0) is 12.8 Å². The first-order valence-corrected chi connectivity index (χ1v) is 6.19. The average molecular weight is 266 g/mol. The molecule has 104 valence electrons. The van der Waals surface area contributed by atoms with Crippen molar-refractivity contribution >= 4 is 11.7 Å². The summed E-state index contributed by atoms with van der Waals surface area (Å²) in [5.74, 6) is 0.478. The average Bonchev–Trinajstić information content (AvgIpc) is 2.73. The number of carbonyl (C=O) groups excluding carboxylic acids is 1. The number of aromatic nitrogens is 3. The van der Waals surface area contributed by atoms with Gasteiger partial charge in [0.25, 0.3) is 0 Å². The van der Waals surface area contributed by atoms with Crippen LogP contribution in [0.1, 0.15) is 25.1 Å². The zero-order valence-electron chi connectivity index (χ0n) is 10.8. The molecular formula is C11H18N6O2. The summed E-state index contributed by atoms with van der Waals surface area (Å²) in [5.41, 5.74) is 4.78. The quantitative estimate of drug-likeness (QED) is 0.284. The highest BCUT2D eigenvalue weighted by molar-refractivity contribution is 6.07. The Labute approximate surface area is 110 Å². The number of nitrogens with one attached hydrogen (secondary N) is 1. The number of oxime groups is 1. The van der Waals surface area contributed by atoms with Crippen LogP contribution in [0.15, 0.2) is 11.5 Å². The van der Waals surface area contributed by atoms with E-state index in [4.69, 9.17) is 10.9 Å². The number of hydrogen-bond donors (Lipinski definition) is 3. The largest absolute Gasteiger partial charge is 0.409 e. The van der Waals surface area contributed by atoms with Crippen molar-refractivity contribution in [3.05, 3.63) is 12.2 Å². The Hall–Kier alpha value is -2.12. The molecule has 1 heterocycles. The van der Waals surface area contributed by atoms with Crippen LogP contribution in [0.2, 0.25) is 0 Å². The van der Waals surface area contributed by atoms with Crippen molar-refractivity contribution in [1.82, 2.24) is 20.1 Å². The van der Waals surface area contributed by atoms with Gasteiger partial charge in [-0.2, -0.15) is 5.10 Å². The highest BCUT2D eigenvalue weighted by atomic mass is 16.4. The Morgan fingerprint density at radius 1 is 1.68 bits per heavy atom. The zero-order chi connectivity index (χ0) is 13.9. The van der Waals surface area contributed by atoms with Gasteiger partial charge in [0.05, 0.1) is 0 Å². The second-order valence-corrected chi connectivity index (χ2v) is 4.76. The van der Waals surface area contributed by atoms with E-state index in [-0.39, 0.29) is 11.7 Å². The molecule has 8 nitrogen and oxygen atoms in total. The van der Waals surface area contributed by atoms with Gasteiger partial charge in [0.1, 0.15) is 11.7 Å². The van der Waals surface area contributed by atoms with E-state index in [0.717, 1.165) is 6.42 Å². The smallest absolute Gasteiger partial charge is 0.233 e. The molecule has 1 aromatic heterocycles. The molecular weight excluding hydrogens is 248 g/mol. The fourth-order valence-corrected chi connectivity index (χ4v) is 2.18. The van der Waals surface area contributed by atoms with Gasteiger partial charge in [0.2, 0.25) is 5.91 Å². The van der Waals surface area contributed by atoms with E-state index >= 15 is 0 Å². The molecule has 2 rings (SSSR count). The molecule has 1 aromatic rings. The van der Waals surface area contributed by atoms with Gasteiger partial charge in [-0.3, -0.25) is 9.48 Å². The van der Waals surface area contributed by atoms with Gasteiger partial charge in [-0.15, -0.1) is 0 Å². The van der Waals surface area contributed by atoms with E-state index in [1.54, 1.807) is 18.1 Å². The van der Waals surface area contributed by atoms with Crippen LogP contribution >= 0.6 is 0 Å². The van der Waals surface area contributed by atoms with Gasteiger partial charge in [0, 0.05) is 20.0 Å². The molecule has 0 aromatic carbocycles. The second-order valence-electron chi connectivity index (χ2n) is 4.76. The lowest BCUT2D eigenvalue weighted by atomic mass is 9.67. The Morgan fingerprint density at radius 2 is 2.42 bits per heavy atom. The molecule has 1 aliphatic rings. The topological polar surface area (TPSA) is 118 Å². The van der Waals surface area contributed by atoms with Crippen LogP contribution < -0.4 is 11.1 Å². The molecule has 19 heavy (non-hydrogen) atoms. The summed E-state index contributed by atoms with van der Waals surface area (Å²) in [6.07, 6.45) is 4.32. The van der Waals surface area contributed by atoms with Gasteiger partial charge >= 0.3 is 0 Å². The summed E-state index contributed by atoms with van der Waals surface area (Å²) in [4.78, 5) is 16.2. The van der Waals surface area contributed by atoms with E-state index in [1.807, 2.05) is 0 Å². The standard InChI is InChI=1S/C11H18N6O2/c1-17-7-14-8(15-17)3-6-13-10(18)11(4-2-5-11)9(12)16-19/h7,19H,2-6H2,1H3,(H2,12,16)(H,13,18). The molecule has 1 amide bonds. The minimum atomic E-state index is -0.827. The monoisotopic (exact) mass is 266 g/mol. The maximum Gasteiger partial charge on any atom is 0.233 e. The molecule has 1 aliphatic carbocycles. The molecule has 0 bridgehead atoms. The van der Waals surface area contributed by atoms with E-state index in [9.17, 15) is 4.79 Å². The first kappa shape index (κ1) is 13.3. The molecule has 0 radical (unpaired) electrons. The summed E-state index contributed by atoms with van der Waals surface area (Å²) < 4.78 is 1.61. The van der Waals surface area contributed by atoms with Crippen molar-refractivity contribution in [2.24, 2.45) is 23.4 Å². The molecule has 0 aliphatic heterocycles. The summed E-state index contributed by atoms with van der Waals surface area (Å²) in [5, 5.41) is 18.6. The SMILES string of the molecule is Cn1cnc(CCNC(=O)C2(C(N)=NO)CCC2)n1. The number of hydrogen-bond acceptors (Lipinski definition) is 5. The van der Waals surface area contributed by atoms with E-state index in [2.05, 4.69) is 20.6 Å². The predicted molar refractivity (Wildman–Crippen MR) is 67.4 cm³/mol. The van der Waals surface area contributed by atoms with Crippen molar-refractivity contribution in [2.75, 3.05) is 6.54 Å². The molecule has 1 fully saturated rings. The van der Waals surface area contributed by atoms with Crippen molar-refractivity contribution in [2.45, 2.75) is 25.7 Å². The first-order chi connectivity index (χ1) is 9.08. The predicted octanol–water partition coefficient (Wildman–Crippen LogP) is -0.609. The molecule has 1 saturated carbocycles. The maximum absolute atomic E-state index is 12.1. The maximum atomic E-state index is 12.1. The number of rotatable bonds is 5. The van der Waals surface area contributed by atoms with Gasteiger partial charge < -0.3 is 16.3 Å². The molecule has 0 unspecified atom stereocenters. The Morgan fingerprint density at radius 3 is 2.89 bits per heavy atom. The fourth-order valence-electron chi connectivity index (χ4n) is 2.18. The Bertz CT molecular complexity index is 491. The van der Waals surface area contributed by atoms with Crippen LogP contribution in [-0.2, 0) is 18.3 Å². The first-order valence-electron chi connectivity index (χ1n) is 6.19. The van der Waals surface area contributed by atoms with Gasteiger partial charge in [-0.1, -0.05) is 11.6 Å². The van der Waals surface area contributed by atoms with Crippen LogP contribution in [0.3, 0.4) is 0 Å². The highest BCUT2D eigenvalue weighted by Gasteiger charge is 2.48. The van der Waals surface area contributed by atoms with Crippen LogP contribution in [0, 0.1) is 5.41 Å². The van der Waals surface area contributed by atoms with E-state index < -0.39 is 5.41 Å². The normalized spacial score (nSPS) is 17.8. The molecule has 8 heteroatoms. The number of amidine groups is 1. The molecule has 0 spiro atoms. The third-order valence-corrected chi connectivity index (χ3v) is 3.52. The summed E-state index contributed by atoms with van der Waals surface area (Å²) >= 11 is 0. The van der Waals surface area contributed by atoms with Crippen molar-refractivity contribution in [3.8, 4) is 0 Å². The minimum absolute atomic E-state index is 0.00721. The number of nitrogens with zero attached hydrogens (tertiary/aromatic N) is 4. The van der Waals surface area contributed by atoms with Crippen LogP contribution in [-0.4, -0.2) is 38.3 Å². The lowest BCUT2D eigenvalue weighted by molar-refractivity contribution is -0.131. The van der Waals surface area contributed by atoms with Crippen molar-refractivity contribution < 1.29 is 10.0 Å². The zero-order valence-corrected chi connectivity index (χ0v) is 10.8.